The van der Waals surface area contributed by atoms with E-state index in [0.29, 0.717) is 40.5 Å². The summed E-state index contributed by atoms with van der Waals surface area (Å²) in [5.74, 6) is 0.386. The molecule has 26 heavy (non-hydrogen) atoms. The molecule has 3 heterocycles. The molecule has 1 N–H and O–H groups in total. The number of esters is 1. The van der Waals surface area contributed by atoms with Crippen LogP contribution in [0.15, 0.2) is 15.4 Å². The Hall–Kier alpha value is -2.34. The summed E-state index contributed by atoms with van der Waals surface area (Å²) in [5.41, 5.74) is 2.01. The Morgan fingerprint density at radius 2 is 2.15 bits per heavy atom. The van der Waals surface area contributed by atoms with Gasteiger partial charge in [0.05, 0.1) is 12.3 Å². The molecule has 0 radical (unpaired) electrons. The van der Waals surface area contributed by atoms with Crippen LogP contribution in [-0.2, 0) is 9.53 Å². The number of rotatable bonds is 7. The molecule has 138 valence electrons. The summed E-state index contributed by atoms with van der Waals surface area (Å²) in [6.07, 6.45) is 0.631. The molecule has 0 bridgehead atoms. The standard InChI is InChI=1S/C14H18N8O2S2/c1-5-9(12(23)24-6-2)25-14-16-13(26-21-14)18-17-10-7(3)19-22-11(10)15-8(4)20-22/h9,19H,5-6H2,1-4H3. The SMILES string of the molecule is CCOC(=O)C(CC)Sc1nsc(N=Nc2c(C)[nH]n3nc(C)nc23)n1. The highest BCUT2D eigenvalue weighted by Crippen LogP contribution is 2.30. The monoisotopic (exact) mass is 394 g/mol. The number of thioether (sulfide) groups is 1. The number of nitrogens with zero attached hydrogens (tertiary/aromatic N) is 7. The highest BCUT2D eigenvalue weighted by molar-refractivity contribution is 8.00. The first-order valence-electron chi connectivity index (χ1n) is 8.02. The number of carbonyl (C=O) groups excluding carboxylic acids is 1. The lowest BCUT2D eigenvalue weighted by atomic mass is 10.3. The van der Waals surface area contributed by atoms with Gasteiger partial charge in [0.15, 0.2) is 5.69 Å². The molecule has 10 nitrogen and oxygen atoms in total. The number of hydrogen-bond donors (Lipinski definition) is 1. The molecule has 1 atom stereocenters. The maximum atomic E-state index is 11.9. The summed E-state index contributed by atoms with van der Waals surface area (Å²) >= 11 is 2.39. The van der Waals surface area contributed by atoms with Gasteiger partial charge < -0.3 is 4.74 Å². The fourth-order valence-electron chi connectivity index (χ4n) is 2.19. The van der Waals surface area contributed by atoms with Gasteiger partial charge >= 0.3 is 5.97 Å². The highest BCUT2D eigenvalue weighted by atomic mass is 32.2. The minimum absolute atomic E-state index is 0.259. The zero-order valence-electron chi connectivity index (χ0n) is 14.8. The number of nitrogens with one attached hydrogen (secondary N) is 1. The number of hydrogen-bond acceptors (Lipinski definition) is 10. The molecule has 0 amide bonds. The van der Waals surface area contributed by atoms with Gasteiger partial charge in [0, 0.05) is 11.5 Å². The fraction of sp³-hybridized carbons (Fsp3) is 0.500. The Balaban J connectivity index is 1.74. The van der Waals surface area contributed by atoms with Crippen LogP contribution in [0.3, 0.4) is 0 Å². The topological polar surface area (TPSA) is 123 Å². The average Bonchev–Trinajstić information content (AvgIpc) is 3.26. The van der Waals surface area contributed by atoms with Crippen LogP contribution in [0.25, 0.3) is 5.65 Å². The summed E-state index contributed by atoms with van der Waals surface area (Å²) < 4.78 is 10.8. The van der Waals surface area contributed by atoms with Crippen molar-refractivity contribution in [2.24, 2.45) is 10.2 Å². The van der Waals surface area contributed by atoms with Crippen LogP contribution in [0.4, 0.5) is 10.8 Å². The molecule has 0 aliphatic carbocycles. The zero-order chi connectivity index (χ0) is 18.7. The Morgan fingerprint density at radius 3 is 2.88 bits per heavy atom. The molecule has 0 aromatic carbocycles. The van der Waals surface area contributed by atoms with Crippen molar-refractivity contribution in [2.45, 2.75) is 44.5 Å². The molecule has 12 heteroatoms. The third-order valence-electron chi connectivity index (χ3n) is 3.35. The van der Waals surface area contributed by atoms with Crippen molar-refractivity contribution in [2.75, 3.05) is 6.61 Å². The molecule has 0 saturated carbocycles. The maximum absolute atomic E-state index is 11.9. The number of H-pyrrole nitrogens is 1. The maximum Gasteiger partial charge on any atom is 0.319 e. The minimum Gasteiger partial charge on any atom is -0.465 e. The Bertz CT molecular complexity index is 944. The van der Waals surface area contributed by atoms with E-state index in [1.54, 1.807) is 18.5 Å². The van der Waals surface area contributed by atoms with E-state index >= 15 is 0 Å². The summed E-state index contributed by atoms with van der Waals surface area (Å²) in [6.45, 7) is 7.73. The fourth-order valence-corrected chi connectivity index (χ4v) is 3.66. The molecule has 3 aromatic heterocycles. The van der Waals surface area contributed by atoms with Crippen molar-refractivity contribution in [3.8, 4) is 0 Å². The van der Waals surface area contributed by atoms with Gasteiger partial charge in [0.25, 0.3) is 0 Å². The number of aryl methyl sites for hydroxylation is 2. The molecule has 1 unspecified atom stereocenters. The van der Waals surface area contributed by atoms with Crippen molar-refractivity contribution < 1.29 is 9.53 Å². The Kier molecular flexibility index (Phi) is 5.61. The summed E-state index contributed by atoms with van der Waals surface area (Å²) in [5, 5.41) is 16.2. The van der Waals surface area contributed by atoms with Crippen LogP contribution in [0.1, 0.15) is 31.8 Å². The largest absolute Gasteiger partial charge is 0.465 e. The number of fused-ring (bicyclic) bond motifs is 1. The summed E-state index contributed by atoms with van der Waals surface area (Å²) in [6, 6.07) is 0. The van der Waals surface area contributed by atoms with Gasteiger partial charge in [-0.25, -0.2) is 4.98 Å². The molecule has 3 aromatic rings. The minimum atomic E-state index is -0.333. The van der Waals surface area contributed by atoms with Crippen LogP contribution in [0, 0.1) is 13.8 Å². The summed E-state index contributed by atoms with van der Waals surface area (Å²) in [7, 11) is 0. The lowest BCUT2D eigenvalue weighted by Gasteiger charge is -2.10. The first kappa shape index (κ1) is 18.5. The van der Waals surface area contributed by atoms with E-state index < -0.39 is 0 Å². The second-order valence-electron chi connectivity index (χ2n) is 5.31. The van der Waals surface area contributed by atoms with Gasteiger partial charge in [-0.15, -0.1) is 15.3 Å². The molecule has 0 spiro atoms. The van der Waals surface area contributed by atoms with E-state index in [4.69, 9.17) is 4.74 Å². The smallest absolute Gasteiger partial charge is 0.319 e. The molecule has 0 aliphatic rings. The van der Waals surface area contributed by atoms with Gasteiger partial charge in [-0.3, -0.25) is 9.89 Å². The molecule has 0 saturated heterocycles. The first-order chi connectivity index (χ1) is 12.5. The average molecular weight is 394 g/mol. The second-order valence-corrected chi connectivity index (χ2v) is 7.21. The predicted octanol–water partition coefficient (Wildman–Crippen LogP) is 3.37. The normalized spacial score (nSPS) is 12.9. The molecule has 3 rings (SSSR count). The molecular weight excluding hydrogens is 376 g/mol. The van der Waals surface area contributed by atoms with E-state index in [2.05, 4.69) is 34.8 Å². The van der Waals surface area contributed by atoms with Crippen LogP contribution in [0.2, 0.25) is 0 Å². The van der Waals surface area contributed by atoms with E-state index in [1.165, 1.54) is 11.8 Å². The van der Waals surface area contributed by atoms with Gasteiger partial charge in [0.1, 0.15) is 11.1 Å². The quantitative estimate of drug-likeness (QED) is 0.370. The molecular formula is C14H18N8O2S2. The van der Waals surface area contributed by atoms with E-state index in [1.807, 2.05) is 13.8 Å². The van der Waals surface area contributed by atoms with Crippen molar-refractivity contribution in [1.82, 2.24) is 29.2 Å². The molecule has 0 aliphatic heterocycles. The Labute approximate surface area is 157 Å². The number of aromatic nitrogens is 6. The summed E-state index contributed by atoms with van der Waals surface area (Å²) in [4.78, 5) is 20.5. The molecule has 0 fully saturated rings. The number of carbonyl (C=O) groups is 1. The van der Waals surface area contributed by atoms with Crippen LogP contribution >= 0.6 is 23.3 Å². The van der Waals surface area contributed by atoms with E-state index in [0.717, 1.165) is 17.2 Å². The first-order valence-corrected chi connectivity index (χ1v) is 9.67. The second kappa shape index (κ2) is 7.91. The van der Waals surface area contributed by atoms with Gasteiger partial charge in [-0.05, 0) is 27.2 Å². The number of azo groups is 1. The van der Waals surface area contributed by atoms with E-state index in [9.17, 15) is 4.79 Å². The van der Waals surface area contributed by atoms with Gasteiger partial charge in [0.2, 0.25) is 15.9 Å². The van der Waals surface area contributed by atoms with Crippen molar-refractivity contribution in [3.05, 3.63) is 11.5 Å². The Morgan fingerprint density at radius 1 is 1.35 bits per heavy atom. The zero-order valence-corrected chi connectivity index (χ0v) is 16.4. The van der Waals surface area contributed by atoms with Crippen molar-refractivity contribution in [1.29, 1.82) is 0 Å². The number of aromatic amines is 1. The van der Waals surface area contributed by atoms with Crippen LogP contribution in [0.5, 0.6) is 0 Å². The predicted molar refractivity (Wildman–Crippen MR) is 97.5 cm³/mol. The highest BCUT2D eigenvalue weighted by Gasteiger charge is 2.21. The van der Waals surface area contributed by atoms with Crippen LogP contribution < -0.4 is 0 Å². The third kappa shape index (κ3) is 3.90. The van der Waals surface area contributed by atoms with Crippen LogP contribution in [-0.4, -0.2) is 47.0 Å². The van der Waals surface area contributed by atoms with Crippen molar-refractivity contribution >= 4 is 45.7 Å². The van der Waals surface area contributed by atoms with E-state index in [-0.39, 0.29) is 11.2 Å². The van der Waals surface area contributed by atoms with Crippen molar-refractivity contribution in [3.63, 3.8) is 0 Å². The number of ether oxygens (including phenoxy) is 1. The lowest BCUT2D eigenvalue weighted by Crippen LogP contribution is -2.19. The van der Waals surface area contributed by atoms with Gasteiger partial charge in [-0.2, -0.15) is 14.0 Å². The third-order valence-corrected chi connectivity index (χ3v) is 5.27. The van der Waals surface area contributed by atoms with Gasteiger partial charge in [-0.1, -0.05) is 18.7 Å². The lowest BCUT2D eigenvalue weighted by molar-refractivity contribution is -0.142.